The van der Waals surface area contributed by atoms with Crippen LogP contribution in [0.25, 0.3) is 0 Å². The molecule has 5 N–H and O–H groups in total. The first kappa shape index (κ1) is 14.5. The van der Waals surface area contributed by atoms with Crippen LogP contribution < -0.4 is 11.1 Å². The number of hydrogen-bond donors (Lipinski definition) is 4. The van der Waals surface area contributed by atoms with Crippen LogP contribution in [-0.2, 0) is 0 Å². The van der Waals surface area contributed by atoms with Gasteiger partial charge in [-0.25, -0.2) is 0 Å². The summed E-state index contributed by atoms with van der Waals surface area (Å²) in [5, 5.41) is 22.8. The van der Waals surface area contributed by atoms with E-state index in [4.69, 9.17) is 5.73 Å². The third kappa shape index (κ3) is 4.28. The number of nitrogens with two attached hydrogens (primary N) is 1. The van der Waals surface area contributed by atoms with Crippen molar-refractivity contribution in [3.8, 4) is 0 Å². The van der Waals surface area contributed by atoms with Crippen LogP contribution in [-0.4, -0.2) is 22.8 Å². The van der Waals surface area contributed by atoms with Crippen LogP contribution in [0.4, 0.5) is 0 Å². The molecular formula is C15H24N2O2. The Balaban J connectivity index is 1.83. The van der Waals surface area contributed by atoms with E-state index in [1.165, 1.54) is 32.1 Å². The molecule has 0 amide bonds. The molecule has 0 aliphatic heterocycles. The van der Waals surface area contributed by atoms with E-state index in [0.717, 1.165) is 5.56 Å². The summed E-state index contributed by atoms with van der Waals surface area (Å²) in [4.78, 5) is 0. The molecule has 2 unspecified atom stereocenters. The van der Waals surface area contributed by atoms with Gasteiger partial charge in [-0.1, -0.05) is 43.5 Å². The molecule has 4 heteroatoms. The van der Waals surface area contributed by atoms with E-state index in [0.29, 0.717) is 18.2 Å². The van der Waals surface area contributed by atoms with E-state index >= 15 is 0 Å². The van der Waals surface area contributed by atoms with Crippen LogP contribution in [0.15, 0.2) is 24.3 Å². The van der Waals surface area contributed by atoms with Crippen molar-refractivity contribution in [2.75, 3.05) is 6.54 Å². The zero-order chi connectivity index (χ0) is 13.7. The van der Waals surface area contributed by atoms with Crippen LogP contribution in [0.1, 0.15) is 55.6 Å². The highest BCUT2D eigenvalue weighted by Gasteiger charge is 2.15. The molecule has 0 spiro atoms. The Morgan fingerprint density at radius 3 is 2.21 bits per heavy atom. The largest absolute Gasteiger partial charge is 0.387 e. The Bertz CT molecular complexity index is 372. The maximum atomic E-state index is 10.1. The summed E-state index contributed by atoms with van der Waals surface area (Å²) in [6, 6.07) is 7.69. The maximum absolute atomic E-state index is 10.1. The van der Waals surface area contributed by atoms with Crippen LogP contribution in [0.5, 0.6) is 0 Å². The normalized spacial score (nSPS) is 20.2. The Morgan fingerprint density at radius 1 is 1.05 bits per heavy atom. The second kappa shape index (κ2) is 7.01. The van der Waals surface area contributed by atoms with Gasteiger partial charge in [-0.3, -0.25) is 0 Å². The summed E-state index contributed by atoms with van der Waals surface area (Å²) < 4.78 is 0. The molecule has 4 nitrogen and oxygen atoms in total. The van der Waals surface area contributed by atoms with Gasteiger partial charge in [-0.2, -0.15) is 0 Å². The second-order valence-electron chi connectivity index (χ2n) is 5.37. The Kier molecular flexibility index (Phi) is 5.34. The van der Waals surface area contributed by atoms with Gasteiger partial charge in [-0.15, -0.1) is 0 Å². The van der Waals surface area contributed by atoms with Gasteiger partial charge in [0.05, 0.1) is 6.10 Å². The summed E-state index contributed by atoms with van der Waals surface area (Å²) in [5.74, 6) is 0. The highest BCUT2D eigenvalue weighted by atomic mass is 16.3. The van der Waals surface area contributed by atoms with Gasteiger partial charge in [0.1, 0.15) is 6.23 Å². The van der Waals surface area contributed by atoms with Crippen molar-refractivity contribution in [1.82, 2.24) is 5.32 Å². The summed E-state index contributed by atoms with van der Waals surface area (Å²) in [5.41, 5.74) is 6.89. The van der Waals surface area contributed by atoms with Gasteiger partial charge in [-0.05, 0) is 24.0 Å². The van der Waals surface area contributed by atoms with Crippen molar-refractivity contribution < 1.29 is 10.2 Å². The molecule has 1 aliphatic rings. The van der Waals surface area contributed by atoms with E-state index in [-0.39, 0.29) is 0 Å². The molecule has 1 aromatic rings. The summed E-state index contributed by atoms with van der Waals surface area (Å²) in [6.45, 7) is 0.579. The Morgan fingerprint density at radius 2 is 1.63 bits per heavy atom. The summed E-state index contributed by atoms with van der Waals surface area (Å²) in [7, 11) is 0. The van der Waals surface area contributed by atoms with Crippen LogP contribution in [0.3, 0.4) is 0 Å². The molecule has 2 atom stereocenters. The average molecular weight is 264 g/mol. The number of aliphatic hydroxyl groups is 2. The van der Waals surface area contributed by atoms with Crippen molar-refractivity contribution in [2.24, 2.45) is 5.73 Å². The molecule has 0 saturated heterocycles. The Hall–Kier alpha value is -0.940. The third-order valence-corrected chi connectivity index (χ3v) is 3.87. The molecule has 106 valence electrons. The smallest absolute Gasteiger partial charge is 0.128 e. The number of nitrogens with one attached hydrogen (secondary N) is 1. The molecule has 0 heterocycles. The number of benzene rings is 1. The van der Waals surface area contributed by atoms with E-state index in [2.05, 4.69) is 5.32 Å². The monoisotopic (exact) mass is 264 g/mol. The zero-order valence-electron chi connectivity index (χ0n) is 11.3. The average Bonchev–Trinajstić information content (AvgIpc) is 2.46. The quantitative estimate of drug-likeness (QED) is 0.609. The molecule has 0 bridgehead atoms. The first-order chi connectivity index (χ1) is 9.16. The minimum Gasteiger partial charge on any atom is -0.387 e. The fraction of sp³-hybridized carbons (Fsp3) is 0.600. The van der Waals surface area contributed by atoms with Crippen LogP contribution in [0, 0.1) is 0 Å². The SMILES string of the molecule is NC(O)c1ccc(C(O)CNC2CCCCC2)cc1. The van der Waals surface area contributed by atoms with Crippen LogP contribution in [0.2, 0.25) is 0 Å². The molecule has 1 aromatic carbocycles. The summed E-state index contributed by atoms with van der Waals surface area (Å²) in [6.07, 6.45) is 4.88. The molecule has 1 saturated carbocycles. The molecule has 0 radical (unpaired) electrons. The molecule has 0 aromatic heterocycles. The number of aliphatic hydroxyl groups excluding tert-OH is 2. The van der Waals surface area contributed by atoms with E-state index in [1.54, 1.807) is 12.1 Å². The number of rotatable bonds is 5. The predicted molar refractivity (Wildman–Crippen MR) is 75.4 cm³/mol. The Labute approximate surface area is 114 Å². The maximum Gasteiger partial charge on any atom is 0.128 e. The van der Waals surface area contributed by atoms with Crippen molar-refractivity contribution in [2.45, 2.75) is 50.5 Å². The minimum absolute atomic E-state index is 0.508. The van der Waals surface area contributed by atoms with Gasteiger partial charge in [0.2, 0.25) is 0 Å². The van der Waals surface area contributed by atoms with Gasteiger partial charge in [0.15, 0.2) is 0 Å². The van der Waals surface area contributed by atoms with Gasteiger partial charge < -0.3 is 21.3 Å². The van der Waals surface area contributed by atoms with Gasteiger partial charge in [0, 0.05) is 12.6 Å². The van der Waals surface area contributed by atoms with E-state index in [9.17, 15) is 10.2 Å². The lowest BCUT2D eigenvalue weighted by atomic mass is 9.95. The lowest BCUT2D eigenvalue weighted by molar-refractivity contribution is 0.165. The van der Waals surface area contributed by atoms with Crippen molar-refractivity contribution in [3.05, 3.63) is 35.4 Å². The topological polar surface area (TPSA) is 78.5 Å². The van der Waals surface area contributed by atoms with Crippen molar-refractivity contribution in [1.29, 1.82) is 0 Å². The standard InChI is InChI=1S/C15H24N2O2/c16-15(19)12-8-6-11(7-9-12)14(18)10-17-13-4-2-1-3-5-13/h6-9,13-15,17-19H,1-5,10,16H2. The molecule has 1 fully saturated rings. The lowest BCUT2D eigenvalue weighted by Gasteiger charge is -2.24. The van der Waals surface area contributed by atoms with Gasteiger partial charge in [0.25, 0.3) is 0 Å². The highest BCUT2D eigenvalue weighted by molar-refractivity contribution is 5.25. The van der Waals surface area contributed by atoms with Gasteiger partial charge >= 0.3 is 0 Å². The molecule has 19 heavy (non-hydrogen) atoms. The summed E-state index contributed by atoms with van der Waals surface area (Å²) >= 11 is 0. The fourth-order valence-corrected chi connectivity index (χ4v) is 2.62. The van der Waals surface area contributed by atoms with Crippen molar-refractivity contribution in [3.63, 3.8) is 0 Å². The van der Waals surface area contributed by atoms with Crippen LogP contribution >= 0.6 is 0 Å². The lowest BCUT2D eigenvalue weighted by Crippen LogP contribution is -2.34. The first-order valence-electron chi connectivity index (χ1n) is 7.12. The third-order valence-electron chi connectivity index (χ3n) is 3.87. The predicted octanol–water partition coefficient (Wildman–Crippen LogP) is 1.59. The minimum atomic E-state index is -0.952. The number of hydrogen-bond acceptors (Lipinski definition) is 4. The fourth-order valence-electron chi connectivity index (χ4n) is 2.62. The highest BCUT2D eigenvalue weighted by Crippen LogP contribution is 2.19. The first-order valence-corrected chi connectivity index (χ1v) is 7.12. The van der Waals surface area contributed by atoms with Crippen molar-refractivity contribution >= 4 is 0 Å². The van der Waals surface area contributed by atoms with E-state index in [1.807, 2.05) is 12.1 Å². The molecular weight excluding hydrogens is 240 g/mol. The molecule has 1 aliphatic carbocycles. The zero-order valence-corrected chi connectivity index (χ0v) is 11.3. The van der Waals surface area contributed by atoms with E-state index < -0.39 is 12.3 Å². The molecule has 2 rings (SSSR count). The second-order valence-corrected chi connectivity index (χ2v) is 5.37.